The minimum Gasteiger partial charge on any atom is -0.463 e. The van der Waals surface area contributed by atoms with Gasteiger partial charge in [0.25, 0.3) is 5.56 Å². The smallest absolute Gasteiger partial charge is 0.330 e. The Morgan fingerprint density at radius 3 is 2.36 bits per heavy atom. The molecule has 204 valence electrons. The molecule has 0 aliphatic carbocycles. The van der Waals surface area contributed by atoms with E-state index >= 15 is 0 Å². The fourth-order valence-electron chi connectivity index (χ4n) is 4.30. The van der Waals surface area contributed by atoms with Crippen LogP contribution in [0.4, 0.5) is 4.39 Å². The highest BCUT2D eigenvalue weighted by atomic mass is 19.1. The summed E-state index contributed by atoms with van der Waals surface area (Å²) in [5.41, 5.74) is -1.95. The Labute approximate surface area is 212 Å². The number of aromatic nitrogens is 2. The van der Waals surface area contributed by atoms with Crippen molar-refractivity contribution in [2.75, 3.05) is 6.61 Å². The summed E-state index contributed by atoms with van der Waals surface area (Å²) in [5, 5.41) is 10.2. The SMILES string of the molecule is CCCCCCCC/C=C/CCCCCCCC(=O)OC[C@H]1O[C@@H](n2cc(F)c(=O)[nH]c2=O)C[C@@H]1O. The molecule has 0 saturated carbocycles. The third-order valence-corrected chi connectivity index (χ3v) is 6.49. The number of carbonyl (C=O) groups is 1. The van der Waals surface area contributed by atoms with Crippen LogP contribution in [0.25, 0.3) is 0 Å². The molecule has 1 fully saturated rings. The van der Waals surface area contributed by atoms with Crippen molar-refractivity contribution < 1.29 is 23.8 Å². The highest BCUT2D eigenvalue weighted by Gasteiger charge is 2.36. The van der Waals surface area contributed by atoms with Crippen molar-refractivity contribution in [2.24, 2.45) is 0 Å². The Balaban J connectivity index is 1.49. The molecule has 0 bridgehead atoms. The van der Waals surface area contributed by atoms with Crippen LogP contribution in [0, 0.1) is 5.82 Å². The van der Waals surface area contributed by atoms with Crippen LogP contribution in [-0.4, -0.2) is 39.4 Å². The van der Waals surface area contributed by atoms with Crippen LogP contribution in [-0.2, 0) is 14.3 Å². The lowest BCUT2D eigenvalue weighted by Gasteiger charge is -2.16. The number of rotatable bonds is 18. The van der Waals surface area contributed by atoms with Gasteiger partial charge in [0.1, 0.15) is 18.9 Å². The van der Waals surface area contributed by atoms with Crippen molar-refractivity contribution in [2.45, 2.75) is 122 Å². The Morgan fingerprint density at radius 1 is 1.08 bits per heavy atom. The first-order valence-corrected chi connectivity index (χ1v) is 13.6. The molecular formula is C27H43FN2O6. The number of ether oxygens (including phenoxy) is 2. The van der Waals surface area contributed by atoms with Crippen LogP contribution in [0.15, 0.2) is 27.9 Å². The largest absolute Gasteiger partial charge is 0.463 e. The number of halogens is 1. The van der Waals surface area contributed by atoms with Crippen LogP contribution in [0.1, 0.15) is 109 Å². The van der Waals surface area contributed by atoms with Crippen molar-refractivity contribution in [3.8, 4) is 0 Å². The van der Waals surface area contributed by atoms with E-state index in [1.54, 1.807) is 0 Å². The topological polar surface area (TPSA) is 111 Å². The zero-order chi connectivity index (χ0) is 26.2. The highest BCUT2D eigenvalue weighted by Crippen LogP contribution is 2.28. The van der Waals surface area contributed by atoms with Crippen LogP contribution >= 0.6 is 0 Å². The molecule has 36 heavy (non-hydrogen) atoms. The maximum absolute atomic E-state index is 13.5. The monoisotopic (exact) mass is 510 g/mol. The van der Waals surface area contributed by atoms with E-state index in [0.717, 1.165) is 49.3 Å². The molecule has 0 radical (unpaired) electrons. The summed E-state index contributed by atoms with van der Waals surface area (Å²) < 4.78 is 25.2. The second kappa shape index (κ2) is 17.2. The summed E-state index contributed by atoms with van der Waals surface area (Å²) in [4.78, 5) is 36.9. The van der Waals surface area contributed by atoms with Gasteiger partial charge in [-0.1, -0.05) is 70.4 Å². The van der Waals surface area contributed by atoms with Gasteiger partial charge in [0.2, 0.25) is 5.82 Å². The second-order valence-corrected chi connectivity index (χ2v) is 9.59. The number of hydrogen-bond acceptors (Lipinski definition) is 6. The molecule has 1 aromatic heterocycles. The van der Waals surface area contributed by atoms with E-state index in [-0.39, 0.29) is 19.0 Å². The number of carbonyl (C=O) groups excluding carboxylic acids is 1. The van der Waals surface area contributed by atoms with E-state index in [2.05, 4.69) is 19.1 Å². The highest BCUT2D eigenvalue weighted by molar-refractivity contribution is 5.69. The predicted molar refractivity (Wildman–Crippen MR) is 136 cm³/mol. The fraction of sp³-hybridized carbons (Fsp3) is 0.741. The number of allylic oxidation sites excluding steroid dienone is 2. The normalized spacial score (nSPS) is 19.8. The lowest BCUT2D eigenvalue weighted by Crippen LogP contribution is -2.34. The summed E-state index contributed by atoms with van der Waals surface area (Å²) in [7, 11) is 0. The van der Waals surface area contributed by atoms with Gasteiger partial charge in [0.05, 0.1) is 12.3 Å². The molecule has 2 rings (SSSR count). The first-order valence-electron chi connectivity index (χ1n) is 13.6. The van der Waals surface area contributed by atoms with E-state index in [1.165, 1.54) is 44.9 Å². The van der Waals surface area contributed by atoms with Gasteiger partial charge in [-0.2, -0.15) is 4.39 Å². The van der Waals surface area contributed by atoms with Crippen molar-refractivity contribution in [1.82, 2.24) is 9.55 Å². The number of unbranched alkanes of at least 4 members (excludes halogenated alkanes) is 11. The van der Waals surface area contributed by atoms with Gasteiger partial charge in [0.15, 0.2) is 0 Å². The minimum atomic E-state index is -1.12. The van der Waals surface area contributed by atoms with Crippen molar-refractivity contribution >= 4 is 5.97 Å². The average molecular weight is 511 g/mol. The predicted octanol–water partition coefficient (Wildman–Crippen LogP) is 4.90. The number of H-pyrrole nitrogens is 1. The molecular weight excluding hydrogens is 467 g/mol. The van der Waals surface area contributed by atoms with Gasteiger partial charge < -0.3 is 14.6 Å². The number of hydrogen-bond donors (Lipinski definition) is 2. The number of aliphatic hydroxyl groups excluding tert-OH is 1. The van der Waals surface area contributed by atoms with Gasteiger partial charge in [-0.05, 0) is 32.1 Å². The Kier molecular flexibility index (Phi) is 14.4. The standard InChI is InChI=1S/C27H43FN2O6/c1-2-3-4-5-6-7-8-9-10-11-12-13-14-15-16-17-25(32)35-20-23-22(31)18-24(36-23)30-19-21(28)26(33)29-27(30)34/h9-10,19,22-24,31H,2-8,11-18,20H2,1H3,(H,29,33,34)/b10-9+/t22-,23+,24+/m0/s1. The molecule has 1 aromatic rings. The Bertz CT molecular complexity index is 912. The van der Waals surface area contributed by atoms with Crippen molar-refractivity contribution in [3.05, 3.63) is 45.0 Å². The van der Waals surface area contributed by atoms with Gasteiger partial charge in [-0.3, -0.25) is 19.1 Å². The Morgan fingerprint density at radius 2 is 1.69 bits per heavy atom. The fourth-order valence-corrected chi connectivity index (χ4v) is 4.30. The molecule has 0 amide bonds. The summed E-state index contributed by atoms with van der Waals surface area (Å²) in [6.45, 7) is 2.09. The van der Waals surface area contributed by atoms with Crippen LogP contribution in [0.2, 0.25) is 0 Å². The minimum absolute atomic E-state index is 0.0157. The second-order valence-electron chi connectivity index (χ2n) is 9.59. The van der Waals surface area contributed by atoms with Gasteiger partial charge in [-0.15, -0.1) is 0 Å². The zero-order valence-corrected chi connectivity index (χ0v) is 21.6. The lowest BCUT2D eigenvalue weighted by molar-refractivity contribution is -0.150. The zero-order valence-electron chi connectivity index (χ0n) is 21.6. The summed E-state index contributed by atoms with van der Waals surface area (Å²) >= 11 is 0. The number of aromatic amines is 1. The maximum Gasteiger partial charge on any atom is 0.330 e. The summed E-state index contributed by atoms with van der Waals surface area (Å²) in [6.07, 6.45) is 18.3. The van der Waals surface area contributed by atoms with E-state index in [1.807, 2.05) is 4.98 Å². The van der Waals surface area contributed by atoms with E-state index in [0.29, 0.717) is 6.42 Å². The molecule has 0 aromatic carbocycles. The molecule has 1 aliphatic rings. The molecule has 2 N–H and O–H groups in total. The molecule has 1 aliphatic heterocycles. The van der Waals surface area contributed by atoms with Crippen molar-refractivity contribution in [3.63, 3.8) is 0 Å². The third-order valence-electron chi connectivity index (χ3n) is 6.49. The molecule has 0 spiro atoms. The first kappa shape index (κ1) is 30.0. The number of aliphatic hydroxyl groups is 1. The van der Waals surface area contributed by atoms with Crippen LogP contribution in [0.5, 0.6) is 0 Å². The van der Waals surface area contributed by atoms with Crippen LogP contribution < -0.4 is 11.2 Å². The Hall–Kier alpha value is -2.26. The van der Waals surface area contributed by atoms with Gasteiger partial charge >= 0.3 is 11.7 Å². The molecule has 9 heteroatoms. The molecule has 2 heterocycles. The number of nitrogens with one attached hydrogen (secondary N) is 1. The van der Waals surface area contributed by atoms with Gasteiger partial charge in [0, 0.05) is 12.8 Å². The van der Waals surface area contributed by atoms with Crippen LogP contribution in [0.3, 0.4) is 0 Å². The first-order chi connectivity index (χ1) is 17.4. The van der Waals surface area contributed by atoms with Crippen molar-refractivity contribution in [1.29, 1.82) is 0 Å². The molecule has 0 unspecified atom stereocenters. The number of nitrogens with zero attached hydrogens (tertiary/aromatic N) is 1. The third kappa shape index (κ3) is 11.2. The molecule has 1 saturated heterocycles. The van der Waals surface area contributed by atoms with E-state index < -0.39 is 35.5 Å². The van der Waals surface area contributed by atoms with E-state index in [4.69, 9.17) is 9.47 Å². The molecule has 3 atom stereocenters. The maximum atomic E-state index is 13.5. The summed E-state index contributed by atoms with van der Waals surface area (Å²) in [5.74, 6) is -1.48. The van der Waals surface area contributed by atoms with E-state index in [9.17, 15) is 23.9 Å². The lowest BCUT2D eigenvalue weighted by atomic mass is 10.1. The molecule has 8 nitrogen and oxygen atoms in total. The summed E-state index contributed by atoms with van der Waals surface area (Å²) in [6, 6.07) is 0. The average Bonchev–Trinajstić information content (AvgIpc) is 3.22. The van der Waals surface area contributed by atoms with Gasteiger partial charge in [-0.25, -0.2) is 4.79 Å². The number of esters is 1. The quantitative estimate of drug-likeness (QED) is 0.165.